The highest BCUT2D eigenvalue weighted by molar-refractivity contribution is 6.02. The van der Waals surface area contributed by atoms with E-state index in [0.717, 1.165) is 37.7 Å². The first-order chi connectivity index (χ1) is 15.2. The third-order valence-electron chi connectivity index (χ3n) is 6.65. The highest BCUT2D eigenvalue weighted by atomic mass is 19.4. The van der Waals surface area contributed by atoms with Crippen LogP contribution in [0.15, 0.2) is 29.4 Å². The third kappa shape index (κ3) is 6.70. The SMILES string of the molecule is CC(C)C(C)/C(=N\N(C=O)CC(F)(F)F)c1ccc(OC2CCN(C3CCC3)CC2)cc1. The van der Waals surface area contributed by atoms with Gasteiger partial charge in [0, 0.05) is 25.0 Å². The number of nitrogens with zero attached hydrogens (tertiary/aromatic N) is 3. The number of hydrazone groups is 1. The molecule has 0 bridgehead atoms. The van der Waals surface area contributed by atoms with Crippen LogP contribution in [0.3, 0.4) is 0 Å². The Balaban J connectivity index is 1.67. The molecule has 1 aliphatic carbocycles. The van der Waals surface area contributed by atoms with Gasteiger partial charge in [-0.15, -0.1) is 0 Å². The minimum atomic E-state index is -4.51. The Morgan fingerprint density at radius 2 is 1.78 bits per heavy atom. The highest BCUT2D eigenvalue weighted by Crippen LogP contribution is 2.29. The molecule has 1 unspecified atom stereocenters. The van der Waals surface area contributed by atoms with Crippen molar-refractivity contribution in [1.29, 1.82) is 0 Å². The Kier molecular flexibility index (Phi) is 8.20. The summed E-state index contributed by atoms with van der Waals surface area (Å²) in [5.41, 5.74) is 1.14. The molecule has 2 fully saturated rings. The molecule has 8 heteroatoms. The molecule has 1 saturated carbocycles. The molecule has 1 heterocycles. The number of likely N-dealkylation sites (tertiary alicyclic amines) is 1. The summed E-state index contributed by atoms with van der Waals surface area (Å²) >= 11 is 0. The largest absolute Gasteiger partial charge is 0.490 e. The summed E-state index contributed by atoms with van der Waals surface area (Å²) in [6.07, 6.45) is 1.76. The smallest absolute Gasteiger partial charge is 0.408 e. The lowest BCUT2D eigenvalue weighted by Gasteiger charge is -2.41. The number of hydrogen-bond donors (Lipinski definition) is 0. The van der Waals surface area contributed by atoms with Crippen LogP contribution in [0.5, 0.6) is 5.75 Å². The summed E-state index contributed by atoms with van der Waals surface area (Å²) in [5, 5.41) is 4.50. The van der Waals surface area contributed by atoms with Crippen molar-refractivity contribution in [3.8, 4) is 5.75 Å². The molecule has 1 atom stereocenters. The Labute approximate surface area is 188 Å². The zero-order valence-corrected chi connectivity index (χ0v) is 19.1. The third-order valence-corrected chi connectivity index (χ3v) is 6.65. The summed E-state index contributed by atoms with van der Waals surface area (Å²) in [6, 6.07) is 8.07. The molecule has 32 heavy (non-hydrogen) atoms. The van der Waals surface area contributed by atoms with E-state index in [9.17, 15) is 18.0 Å². The standard InChI is InChI=1S/C24H34F3N3O2/c1-17(2)18(3)23(28-30(16-31)15-24(25,26)27)19-7-9-21(10-8-19)32-22-11-13-29(14-12-22)20-5-4-6-20/h7-10,16-18,20,22H,4-6,11-15H2,1-3H3/b28-23+. The summed E-state index contributed by atoms with van der Waals surface area (Å²) in [4.78, 5) is 13.8. The summed E-state index contributed by atoms with van der Waals surface area (Å²) < 4.78 is 44.5. The van der Waals surface area contributed by atoms with E-state index >= 15 is 0 Å². The van der Waals surface area contributed by atoms with E-state index < -0.39 is 12.7 Å². The maximum absolute atomic E-state index is 12.8. The average Bonchev–Trinajstić information content (AvgIpc) is 2.70. The van der Waals surface area contributed by atoms with Gasteiger partial charge >= 0.3 is 6.18 Å². The molecule has 1 aromatic rings. The predicted molar refractivity (Wildman–Crippen MR) is 119 cm³/mol. The molecule has 2 aliphatic rings. The molecule has 0 spiro atoms. The van der Waals surface area contributed by atoms with Gasteiger partial charge in [0.1, 0.15) is 18.4 Å². The molecule has 0 aromatic heterocycles. The van der Waals surface area contributed by atoms with Crippen LogP contribution in [-0.2, 0) is 4.79 Å². The monoisotopic (exact) mass is 453 g/mol. The highest BCUT2D eigenvalue weighted by Gasteiger charge is 2.32. The fourth-order valence-corrected chi connectivity index (χ4v) is 4.15. The first-order valence-electron chi connectivity index (χ1n) is 11.5. The summed E-state index contributed by atoms with van der Waals surface area (Å²) in [7, 11) is 0. The van der Waals surface area contributed by atoms with Crippen LogP contribution < -0.4 is 4.74 Å². The Hall–Kier alpha value is -2.09. The van der Waals surface area contributed by atoms with Gasteiger partial charge in [-0.2, -0.15) is 18.3 Å². The zero-order valence-electron chi connectivity index (χ0n) is 19.1. The molecular formula is C24H34F3N3O2. The number of amides is 1. The van der Waals surface area contributed by atoms with Crippen LogP contribution in [0.25, 0.3) is 0 Å². The van der Waals surface area contributed by atoms with Gasteiger partial charge in [0.25, 0.3) is 0 Å². The van der Waals surface area contributed by atoms with Gasteiger partial charge < -0.3 is 9.64 Å². The van der Waals surface area contributed by atoms with Gasteiger partial charge in [0.15, 0.2) is 0 Å². The Morgan fingerprint density at radius 3 is 2.25 bits per heavy atom. The van der Waals surface area contributed by atoms with E-state index in [-0.39, 0.29) is 24.3 Å². The fraction of sp³-hybridized carbons (Fsp3) is 0.667. The van der Waals surface area contributed by atoms with Crippen LogP contribution in [0.4, 0.5) is 13.2 Å². The first kappa shape index (κ1) is 24.6. The lowest BCUT2D eigenvalue weighted by Crippen LogP contribution is -2.46. The molecule has 3 rings (SSSR count). The second-order valence-corrected chi connectivity index (χ2v) is 9.30. The molecule has 1 amide bonds. The van der Waals surface area contributed by atoms with E-state index in [1.807, 2.05) is 45.0 Å². The van der Waals surface area contributed by atoms with Gasteiger partial charge in [-0.05, 0) is 61.4 Å². The Bertz CT molecular complexity index is 768. The van der Waals surface area contributed by atoms with Crippen molar-refractivity contribution in [2.24, 2.45) is 16.9 Å². The normalized spacial score (nSPS) is 20.2. The van der Waals surface area contributed by atoms with E-state index in [4.69, 9.17) is 4.74 Å². The molecule has 1 aliphatic heterocycles. The topological polar surface area (TPSA) is 45.1 Å². The molecular weight excluding hydrogens is 419 g/mol. The van der Waals surface area contributed by atoms with Gasteiger partial charge in [-0.1, -0.05) is 27.2 Å². The maximum Gasteiger partial charge on any atom is 0.408 e. The quantitative estimate of drug-likeness (QED) is 0.297. The second kappa shape index (κ2) is 10.7. The van der Waals surface area contributed by atoms with E-state index in [1.165, 1.54) is 19.3 Å². The van der Waals surface area contributed by atoms with Crippen molar-refractivity contribution in [1.82, 2.24) is 9.91 Å². The number of carbonyl (C=O) groups excluding carboxylic acids is 1. The number of rotatable bonds is 9. The molecule has 5 nitrogen and oxygen atoms in total. The van der Waals surface area contributed by atoms with Gasteiger partial charge in [0.2, 0.25) is 6.41 Å². The molecule has 0 N–H and O–H groups in total. The second-order valence-electron chi connectivity index (χ2n) is 9.30. The Morgan fingerprint density at radius 1 is 1.16 bits per heavy atom. The van der Waals surface area contributed by atoms with Gasteiger partial charge in [-0.3, -0.25) is 4.79 Å². The number of benzene rings is 1. The maximum atomic E-state index is 12.8. The summed E-state index contributed by atoms with van der Waals surface area (Å²) in [6.45, 7) is 6.57. The average molecular weight is 454 g/mol. The number of hydrogen-bond acceptors (Lipinski definition) is 4. The number of carbonyl (C=O) groups is 1. The lowest BCUT2D eigenvalue weighted by molar-refractivity contribution is -0.153. The van der Waals surface area contributed by atoms with Crippen LogP contribution >= 0.6 is 0 Å². The number of halogens is 3. The zero-order chi connectivity index (χ0) is 23.3. The van der Waals surface area contributed by atoms with Crippen molar-refractivity contribution in [2.75, 3.05) is 19.6 Å². The fourth-order valence-electron chi connectivity index (χ4n) is 4.15. The molecule has 0 radical (unpaired) electrons. The van der Waals surface area contributed by atoms with Gasteiger partial charge in [-0.25, -0.2) is 5.01 Å². The minimum absolute atomic E-state index is 0.119. The van der Waals surface area contributed by atoms with Crippen LogP contribution in [0, 0.1) is 11.8 Å². The van der Waals surface area contributed by atoms with Crippen molar-refractivity contribution >= 4 is 12.1 Å². The minimum Gasteiger partial charge on any atom is -0.490 e. The first-order valence-corrected chi connectivity index (χ1v) is 11.5. The molecule has 178 valence electrons. The van der Waals surface area contributed by atoms with E-state index in [2.05, 4.69) is 10.0 Å². The number of ether oxygens (including phenoxy) is 1. The van der Waals surface area contributed by atoms with Crippen LogP contribution in [0.1, 0.15) is 58.4 Å². The van der Waals surface area contributed by atoms with Crippen LogP contribution in [-0.4, -0.2) is 60.0 Å². The van der Waals surface area contributed by atoms with Gasteiger partial charge in [0.05, 0.1) is 5.71 Å². The summed E-state index contributed by atoms with van der Waals surface area (Å²) in [5.74, 6) is 0.758. The number of piperidine rings is 1. The molecule has 1 aromatic carbocycles. The lowest BCUT2D eigenvalue weighted by atomic mass is 9.89. The van der Waals surface area contributed by atoms with Crippen LogP contribution in [0.2, 0.25) is 0 Å². The van der Waals surface area contributed by atoms with Crippen molar-refractivity contribution in [2.45, 2.75) is 71.2 Å². The van der Waals surface area contributed by atoms with E-state index in [0.29, 0.717) is 16.3 Å². The van der Waals surface area contributed by atoms with Crippen molar-refractivity contribution in [3.05, 3.63) is 29.8 Å². The predicted octanol–water partition coefficient (Wildman–Crippen LogP) is 5.10. The van der Waals surface area contributed by atoms with Crippen molar-refractivity contribution < 1.29 is 22.7 Å². The number of alkyl halides is 3. The van der Waals surface area contributed by atoms with E-state index in [1.54, 1.807) is 0 Å². The van der Waals surface area contributed by atoms with Crippen molar-refractivity contribution in [3.63, 3.8) is 0 Å². The molecule has 1 saturated heterocycles.